The number of hydrogen-bond acceptors (Lipinski definition) is 3. The minimum atomic E-state index is 0. The Labute approximate surface area is 97.2 Å². The Bertz CT molecular complexity index is 136. The number of carbonyl (C=O) groups excluding carboxylic acids is 1. The van der Waals surface area contributed by atoms with Gasteiger partial charge in [0.25, 0.3) is 0 Å². The highest BCUT2D eigenvalue weighted by molar-refractivity contribution is 7.98. The van der Waals surface area contributed by atoms with E-state index in [1.807, 2.05) is 18.8 Å². The SMILES string of the molecule is CNCCNC(=O)CCCCSC.Cl. The zero-order valence-electron chi connectivity index (χ0n) is 8.97. The van der Waals surface area contributed by atoms with Crippen LogP contribution in [0.25, 0.3) is 0 Å². The average molecular weight is 241 g/mol. The number of halogens is 1. The summed E-state index contributed by atoms with van der Waals surface area (Å²) in [5.74, 6) is 1.33. The molecule has 0 saturated carbocycles. The van der Waals surface area contributed by atoms with Crippen molar-refractivity contribution in [1.82, 2.24) is 10.6 Å². The van der Waals surface area contributed by atoms with Gasteiger partial charge in [-0.15, -0.1) is 12.4 Å². The fourth-order valence-corrected chi connectivity index (χ4v) is 1.44. The van der Waals surface area contributed by atoms with E-state index in [2.05, 4.69) is 16.9 Å². The molecule has 3 nitrogen and oxygen atoms in total. The van der Waals surface area contributed by atoms with Crippen LogP contribution in [0.3, 0.4) is 0 Å². The zero-order valence-corrected chi connectivity index (χ0v) is 10.6. The van der Waals surface area contributed by atoms with Crippen LogP contribution in [0.5, 0.6) is 0 Å². The fourth-order valence-electron chi connectivity index (χ4n) is 0.947. The Morgan fingerprint density at radius 1 is 1.29 bits per heavy atom. The number of hydrogen-bond donors (Lipinski definition) is 2. The normalized spacial score (nSPS) is 9.29. The third kappa shape index (κ3) is 12.1. The summed E-state index contributed by atoms with van der Waals surface area (Å²) >= 11 is 1.83. The number of rotatable bonds is 8. The zero-order chi connectivity index (χ0) is 9.94. The summed E-state index contributed by atoms with van der Waals surface area (Å²) in [6.45, 7) is 1.58. The van der Waals surface area contributed by atoms with Gasteiger partial charge in [-0.3, -0.25) is 4.79 Å². The molecule has 0 aromatic rings. The molecule has 0 atom stereocenters. The topological polar surface area (TPSA) is 41.1 Å². The van der Waals surface area contributed by atoms with Gasteiger partial charge < -0.3 is 10.6 Å². The molecule has 0 bridgehead atoms. The molecule has 1 amide bonds. The molecule has 0 heterocycles. The molecule has 0 rings (SSSR count). The molecular weight excluding hydrogens is 220 g/mol. The highest BCUT2D eigenvalue weighted by Gasteiger charge is 1.98. The average Bonchev–Trinajstić information content (AvgIpc) is 2.13. The molecule has 0 aromatic heterocycles. The van der Waals surface area contributed by atoms with Gasteiger partial charge in [-0.2, -0.15) is 11.8 Å². The van der Waals surface area contributed by atoms with Gasteiger partial charge in [0, 0.05) is 19.5 Å². The molecule has 0 aliphatic rings. The lowest BCUT2D eigenvalue weighted by molar-refractivity contribution is -0.121. The highest BCUT2D eigenvalue weighted by Crippen LogP contribution is 2.01. The maximum atomic E-state index is 11.1. The quantitative estimate of drug-likeness (QED) is 0.628. The van der Waals surface area contributed by atoms with Crippen molar-refractivity contribution in [2.24, 2.45) is 0 Å². The molecule has 0 saturated heterocycles. The van der Waals surface area contributed by atoms with Gasteiger partial charge in [0.2, 0.25) is 5.91 Å². The smallest absolute Gasteiger partial charge is 0.220 e. The first-order valence-electron chi connectivity index (χ1n) is 4.71. The van der Waals surface area contributed by atoms with Crippen LogP contribution in [0, 0.1) is 0 Å². The second kappa shape index (κ2) is 13.1. The van der Waals surface area contributed by atoms with Crippen LogP contribution in [-0.2, 0) is 4.79 Å². The number of unbranched alkanes of at least 4 members (excludes halogenated alkanes) is 1. The van der Waals surface area contributed by atoms with Crippen molar-refractivity contribution in [2.45, 2.75) is 19.3 Å². The Morgan fingerprint density at radius 2 is 2.00 bits per heavy atom. The largest absolute Gasteiger partial charge is 0.355 e. The van der Waals surface area contributed by atoms with Gasteiger partial charge >= 0.3 is 0 Å². The van der Waals surface area contributed by atoms with E-state index in [1.54, 1.807) is 0 Å². The molecule has 0 radical (unpaired) electrons. The van der Waals surface area contributed by atoms with Gasteiger partial charge in [0.05, 0.1) is 0 Å². The lowest BCUT2D eigenvalue weighted by Crippen LogP contribution is -2.30. The summed E-state index contributed by atoms with van der Waals surface area (Å²) in [4.78, 5) is 11.1. The van der Waals surface area contributed by atoms with Gasteiger partial charge in [0.1, 0.15) is 0 Å². The lowest BCUT2D eigenvalue weighted by Gasteiger charge is -2.03. The Hall–Kier alpha value is 0.0700. The van der Waals surface area contributed by atoms with Crippen LogP contribution in [0.1, 0.15) is 19.3 Å². The van der Waals surface area contributed by atoms with Gasteiger partial charge in [-0.1, -0.05) is 0 Å². The molecule has 86 valence electrons. The van der Waals surface area contributed by atoms with E-state index in [0.29, 0.717) is 6.42 Å². The standard InChI is InChI=1S/C9H20N2OS.ClH/c1-10-6-7-11-9(12)5-3-4-8-13-2;/h10H,3-8H2,1-2H3,(H,11,12);1H. The molecule has 14 heavy (non-hydrogen) atoms. The van der Waals surface area contributed by atoms with Crippen molar-refractivity contribution in [2.75, 3.05) is 32.1 Å². The van der Waals surface area contributed by atoms with Crippen LogP contribution in [0.15, 0.2) is 0 Å². The number of nitrogens with one attached hydrogen (secondary N) is 2. The molecule has 0 spiro atoms. The van der Waals surface area contributed by atoms with E-state index < -0.39 is 0 Å². The van der Waals surface area contributed by atoms with E-state index in [-0.39, 0.29) is 18.3 Å². The van der Waals surface area contributed by atoms with Crippen molar-refractivity contribution >= 4 is 30.1 Å². The molecule has 0 aliphatic heterocycles. The third-order valence-electron chi connectivity index (χ3n) is 1.70. The van der Waals surface area contributed by atoms with E-state index in [9.17, 15) is 4.79 Å². The summed E-state index contributed by atoms with van der Waals surface area (Å²) in [5, 5.41) is 5.83. The van der Waals surface area contributed by atoms with Crippen LogP contribution in [-0.4, -0.2) is 38.1 Å². The van der Waals surface area contributed by atoms with Crippen molar-refractivity contribution in [1.29, 1.82) is 0 Å². The second-order valence-electron chi connectivity index (χ2n) is 2.90. The monoisotopic (exact) mass is 240 g/mol. The van der Waals surface area contributed by atoms with E-state index in [1.165, 1.54) is 0 Å². The first kappa shape index (κ1) is 16.5. The number of thioether (sulfide) groups is 1. The maximum Gasteiger partial charge on any atom is 0.220 e. The first-order valence-corrected chi connectivity index (χ1v) is 6.11. The summed E-state index contributed by atoms with van der Waals surface area (Å²) in [5.41, 5.74) is 0. The minimum Gasteiger partial charge on any atom is -0.355 e. The van der Waals surface area contributed by atoms with Crippen LogP contribution in [0.2, 0.25) is 0 Å². The molecule has 0 fully saturated rings. The van der Waals surface area contributed by atoms with E-state index >= 15 is 0 Å². The van der Waals surface area contributed by atoms with Gasteiger partial charge in [-0.05, 0) is 31.9 Å². The van der Waals surface area contributed by atoms with Crippen LogP contribution < -0.4 is 10.6 Å². The number of amides is 1. The minimum absolute atomic E-state index is 0. The van der Waals surface area contributed by atoms with Crippen molar-refractivity contribution in [3.05, 3.63) is 0 Å². The van der Waals surface area contributed by atoms with Gasteiger partial charge in [-0.25, -0.2) is 0 Å². The van der Waals surface area contributed by atoms with Gasteiger partial charge in [0.15, 0.2) is 0 Å². The Kier molecular flexibility index (Phi) is 15.4. The van der Waals surface area contributed by atoms with Crippen molar-refractivity contribution < 1.29 is 4.79 Å². The highest BCUT2D eigenvalue weighted by atomic mass is 35.5. The van der Waals surface area contributed by atoms with Crippen LogP contribution >= 0.6 is 24.2 Å². The first-order chi connectivity index (χ1) is 6.31. The molecule has 0 unspecified atom stereocenters. The summed E-state index contributed by atoms with van der Waals surface area (Å²) in [7, 11) is 1.88. The second-order valence-corrected chi connectivity index (χ2v) is 3.89. The summed E-state index contributed by atoms with van der Waals surface area (Å²) < 4.78 is 0. The maximum absolute atomic E-state index is 11.1. The Balaban J connectivity index is 0. The summed E-state index contributed by atoms with van der Waals surface area (Å²) in [6, 6.07) is 0. The molecule has 0 aromatic carbocycles. The molecule has 0 aliphatic carbocycles. The number of carbonyl (C=O) groups is 1. The predicted octanol–water partition coefficient (Wildman–Crippen LogP) is 1.28. The fraction of sp³-hybridized carbons (Fsp3) is 0.889. The number of likely N-dealkylation sites (N-methyl/N-ethyl adjacent to an activating group) is 1. The predicted molar refractivity (Wildman–Crippen MR) is 66.4 cm³/mol. The van der Waals surface area contributed by atoms with Crippen molar-refractivity contribution in [3.8, 4) is 0 Å². The lowest BCUT2D eigenvalue weighted by atomic mass is 10.2. The molecule has 2 N–H and O–H groups in total. The third-order valence-corrected chi connectivity index (χ3v) is 2.40. The molecular formula is C9H21ClN2OS. The Morgan fingerprint density at radius 3 is 2.57 bits per heavy atom. The summed E-state index contributed by atoms with van der Waals surface area (Å²) in [6.07, 6.45) is 4.91. The van der Waals surface area contributed by atoms with E-state index in [4.69, 9.17) is 0 Å². The molecule has 5 heteroatoms. The van der Waals surface area contributed by atoms with E-state index in [0.717, 1.165) is 31.7 Å². The van der Waals surface area contributed by atoms with Crippen LogP contribution in [0.4, 0.5) is 0 Å². The van der Waals surface area contributed by atoms with Crippen molar-refractivity contribution in [3.63, 3.8) is 0 Å².